The molecule has 1 amide bonds. The summed E-state index contributed by atoms with van der Waals surface area (Å²) in [5.41, 5.74) is 1.98. The number of rotatable bonds is 5. The molecule has 1 N–H and O–H groups in total. The van der Waals surface area contributed by atoms with Gasteiger partial charge in [0.1, 0.15) is 5.75 Å². The molecule has 1 unspecified atom stereocenters. The van der Waals surface area contributed by atoms with Crippen LogP contribution in [0, 0.1) is 0 Å². The first-order valence-corrected chi connectivity index (χ1v) is 6.61. The zero-order valence-corrected chi connectivity index (χ0v) is 12.4. The average Bonchev–Trinajstić information content (AvgIpc) is 2.27. The molecule has 0 heterocycles. The molecular weight excluding hydrogens is 238 g/mol. The number of carbonyl (C=O) groups is 1. The number of amides is 1. The van der Waals surface area contributed by atoms with Crippen LogP contribution in [0.2, 0.25) is 0 Å². The first kappa shape index (κ1) is 15.3. The Hall–Kier alpha value is -1.77. The van der Waals surface area contributed by atoms with Crippen LogP contribution in [0.15, 0.2) is 35.9 Å². The van der Waals surface area contributed by atoms with Crippen molar-refractivity contribution in [2.24, 2.45) is 0 Å². The molecular formula is C16H23NO2. The third-order valence-corrected chi connectivity index (χ3v) is 2.53. The quantitative estimate of drug-likeness (QED) is 0.822. The van der Waals surface area contributed by atoms with E-state index in [0.717, 1.165) is 16.9 Å². The standard InChI is InChI=1S/C16H23NO2/c1-11(2)10-16(18)17-13(5)14-8-6-7-9-15(14)19-12(3)4/h6-10,12-13H,1-5H3,(H,17,18). The van der Waals surface area contributed by atoms with Crippen LogP contribution in [0.5, 0.6) is 5.75 Å². The van der Waals surface area contributed by atoms with E-state index in [1.54, 1.807) is 6.08 Å². The Morgan fingerprint density at radius 1 is 1.21 bits per heavy atom. The van der Waals surface area contributed by atoms with Crippen LogP contribution in [-0.4, -0.2) is 12.0 Å². The molecule has 0 fully saturated rings. The Kier molecular flexibility index (Phi) is 5.61. The molecule has 1 rings (SSSR count). The number of nitrogens with one attached hydrogen (secondary N) is 1. The number of carbonyl (C=O) groups excluding carboxylic acids is 1. The molecule has 0 radical (unpaired) electrons. The monoisotopic (exact) mass is 261 g/mol. The van der Waals surface area contributed by atoms with Gasteiger partial charge in [0, 0.05) is 11.6 Å². The van der Waals surface area contributed by atoms with Crippen molar-refractivity contribution in [3.05, 3.63) is 41.5 Å². The van der Waals surface area contributed by atoms with E-state index in [1.165, 1.54) is 0 Å². The molecule has 3 nitrogen and oxygen atoms in total. The minimum atomic E-state index is -0.0851. The van der Waals surface area contributed by atoms with E-state index in [1.807, 2.05) is 58.9 Å². The molecule has 0 aliphatic carbocycles. The molecule has 1 atom stereocenters. The summed E-state index contributed by atoms with van der Waals surface area (Å²) in [6, 6.07) is 7.71. The Balaban J connectivity index is 2.84. The maximum atomic E-state index is 11.7. The number of hydrogen-bond acceptors (Lipinski definition) is 2. The molecule has 0 spiro atoms. The molecule has 0 aromatic heterocycles. The van der Waals surface area contributed by atoms with Crippen molar-refractivity contribution in [3.63, 3.8) is 0 Å². The van der Waals surface area contributed by atoms with Gasteiger partial charge >= 0.3 is 0 Å². The fourth-order valence-corrected chi connectivity index (χ4v) is 1.79. The smallest absolute Gasteiger partial charge is 0.244 e. The number of benzene rings is 1. The summed E-state index contributed by atoms with van der Waals surface area (Å²) in [7, 11) is 0. The van der Waals surface area contributed by atoms with Crippen molar-refractivity contribution >= 4 is 5.91 Å². The van der Waals surface area contributed by atoms with Gasteiger partial charge in [-0.15, -0.1) is 0 Å². The van der Waals surface area contributed by atoms with Gasteiger partial charge < -0.3 is 10.1 Å². The minimum absolute atomic E-state index is 0.0770. The molecule has 3 heteroatoms. The van der Waals surface area contributed by atoms with Crippen molar-refractivity contribution in [1.29, 1.82) is 0 Å². The topological polar surface area (TPSA) is 38.3 Å². The molecule has 19 heavy (non-hydrogen) atoms. The molecule has 0 aliphatic heterocycles. The van der Waals surface area contributed by atoms with Crippen LogP contribution in [0.25, 0.3) is 0 Å². The number of ether oxygens (including phenoxy) is 1. The molecule has 0 saturated carbocycles. The summed E-state index contributed by atoms with van der Waals surface area (Å²) >= 11 is 0. The van der Waals surface area contributed by atoms with Gasteiger partial charge in [0.05, 0.1) is 12.1 Å². The summed E-state index contributed by atoms with van der Waals surface area (Å²) in [5, 5.41) is 2.95. The van der Waals surface area contributed by atoms with Crippen LogP contribution in [0.1, 0.15) is 46.2 Å². The lowest BCUT2D eigenvalue weighted by atomic mass is 10.1. The predicted octanol–water partition coefficient (Wildman–Crippen LogP) is 3.62. The van der Waals surface area contributed by atoms with Gasteiger partial charge in [0.2, 0.25) is 5.91 Å². The van der Waals surface area contributed by atoms with Crippen molar-refractivity contribution in [1.82, 2.24) is 5.32 Å². The lowest BCUT2D eigenvalue weighted by molar-refractivity contribution is -0.117. The first-order valence-electron chi connectivity index (χ1n) is 6.61. The fraction of sp³-hybridized carbons (Fsp3) is 0.438. The van der Waals surface area contributed by atoms with Crippen LogP contribution in [0.4, 0.5) is 0 Å². The highest BCUT2D eigenvalue weighted by molar-refractivity contribution is 5.88. The van der Waals surface area contributed by atoms with E-state index in [9.17, 15) is 4.79 Å². The van der Waals surface area contributed by atoms with Crippen molar-refractivity contribution in [2.45, 2.75) is 46.8 Å². The van der Waals surface area contributed by atoms with E-state index in [2.05, 4.69) is 5.32 Å². The first-order chi connectivity index (χ1) is 8.90. The lowest BCUT2D eigenvalue weighted by Gasteiger charge is -2.19. The molecule has 1 aromatic rings. The lowest BCUT2D eigenvalue weighted by Crippen LogP contribution is -2.25. The highest BCUT2D eigenvalue weighted by Gasteiger charge is 2.13. The van der Waals surface area contributed by atoms with Crippen LogP contribution < -0.4 is 10.1 Å². The summed E-state index contributed by atoms with van der Waals surface area (Å²) in [5.74, 6) is 0.745. The van der Waals surface area contributed by atoms with E-state index in [4.69, 9.17) is 4.74 Å². The van der Waals surface area contributed by atoms with Crippen molar-refractivity contribution < 1.29 is 9.53 Å². The van der Waals surface area contributed by atoms with Gasteiger partial charge in [-0.1, -0.05) is 23.8 Å². The summed E-state index contributed by atoms with van der Waals surface area (Å²) in [6.45, 7) is 9.74. The largest absolute Gasteiger partial charge is 0.491 e. The van der Waals surface area contributed by atoms with Crippen molar-refractivity contribution in [2.75, 3.05) is 0 Å². The molecule has 0 bridgehead atoms. The Morgan fingerprint density at radius 3 is 2.42 bits per heavy atom. The molecule has 1 aromatic carbocycles. The zero-order valence-electron chi connectivity index (χ0n) is 12.4. The second-order valence-electron chi connectivity index (χ2n) is 5.16. The summed E-state index contributed by atoms with van der Waals surface area (Å²) < 4.78 is 5.76. The Morgan fingerprint density at radius 2 is 1.84 bits per heavy atom. The van der Waals surface area contributed by atoms with E-state index >= 15 is 0 Å². The molecule has 104 valence electrons. The van der Waals surface area contributed by atoms with Gasteiger partial charge in [-0.25, -0.2) is 0 Å². The second-order valence-corrected chi connectivity index (χ2v) is 5.16. The number of allylic oxidation sites excluding steroid dienone is 1. The number of hydrogen-bond donors (Lipinski definition) is 1. The van der Waals surface area contributed by atoms with Gasteiger partial charge in [0.25, 0.3) is 0 Å². The van der Waals surface area contributed by atoms with Crippen LogP contribution >= 0.6 is 0 Å². The van der Waals surface area contributed by atoms with E-state index in [0.29, 0.717) is 0 Å². The van der Waals surface area contributed by atoms with Crippen LogP contribution in [-0.2, 0) is 4.79 Å². The summed E-state index contributed by atoms with van der Waals surface area (Å²) in [4.78, 5) is 11.7. The highest BCUT2D eigenvalue weighted by Crippen LogP contribution is 2.25. The average molecular weight is 261 g/mol. The van der Waals surface area contributed by atoms with Crippen LogP contribution in [0.3, 0.4) is 0 Å². The summed E-state index contributed by atoms with van der Waals surface area (Å²) in [6.07, 6.45) is 1.71. The van der Waals surface area contributed by atoms with Gasteiger partial charge in [-0.2, -0.15) is 0 Å². The third kappa shape index (κ3) is 5.16. The van der Waals surface area contributed by atoms with E-state index in [-0.39, 0.29) is 18.1 Å². The van der Waals surface area contributed by atoms with E-state index < -0.39 is 0 Å². The third-order valence-electron chi connectivity index (χ3n) is 2.53. The second kappa shape index (κ2) is 6.98. The Bertz CT molecular complexity index is 460. The normalized spacial score (nSPS) is 11.9. The maximum absolute atomic E-state index is 11.7. The minimum Gasteiger partial charge on any atom is -0.491 e. The molecule has 0 aliphatic rings. The van der Waals surface area contributed by atoms with Gasteiger partial charge in [-0.3, -0.25) is 4.79 Å². The maximum Gasteiger partial charge on any atom is 0.244 e. The zero-order chi connectivity index (χ0) is 14.4. The fourth-order valence-electron chi connectivity index (χ4n) is 1.79. The Labute approximate surface area is 115 Å². The molecule has 0 saturated heterocycles. The number of para-hydroxylation sites is 1. The SMILES string of the molecule is CC(C)=CC(=O)NC(C)c1ccccc1OC(C)C. The van der Waals surface area contributed by atoms with Gasteiger partial charge in [-0.05, 0) is 40.7 Å². The van der Waals surface area contributed by atoms with Gasteiger partial charge in [0.15, 0.2) is 0 Å². The van der Waals surface area contributed by atoms with Crippen molar-refractivity contribution in [3.8, 4) is 5.75 Å². The predicted molar refractivity (Wildman–Crippen MR) is 78.2 cm³/mol. The highest BCUT2D eigenvalue weighted by atomic mass is 16.5.